The summed E-state index contributed by atoms with van der Waals surface area (Å²) in [6.45, 7) is 1.23. The van der Waals surface area contributed by atoms with E-state index in [0.717, 1.165) is 6.07 Å². The summed E-state index contributed by atoms with van der Waals surface area (Å²) in [6.07, 6.45) is 3.97. The minimum absolute atomic E-state index is 0.0322. The van der Waals surface area contributed by atoms with Gasteiger partial charge in [0.05, 0.1) is 18.4 Å². The second-order valence-electron chi connectivity index (χ2n) is 8.27. The molecule has 1 aliphatic rings. The van der Waals surface area contributed by atoms with Gasteiger partial charge in [0.15, 0.2) is 11.6 Å². The molecule has 9 nitrogen and oxygen atoms in total. The van der Waals surface area contributed by atoms with Crippen molar-refractivity contribution in [1.82, 2.24) is 10.3 Å². The molecule has 3 aromatic rings. The average molecular weight is 493 g/mol. The second-order valence-corrected chi connectivity index (χ2v) is 8.27. The summed E-state index contributed by atoms with van der Waals surface area (Å²) >= 11 is 0. The summed E-state index contributed by atoms with van der Waals surface area (Å²) in [7, 11) is 1.22. The van der Waals surface area contributed by atoms with Gasteiger partial charge in [-0.05, 0) is 73.8 Å². The molecule has 36 heavy (non-hydrogen) atoms. The van der Waals surface area contributed by atoms with Crippen molar-refractivity contribution >= 4 is 23.3 Å². The smallest absolute Gasteiger partial charge is 0.336 e. The Morgan fingerprint density at radius 1 is 1.06 bits per heavy atom. The summed E-state index contributed by atoms with van der Waals surface area (Å²) in [5.41, 5.74) is -0.392. The molecule has 0 aliphatic carbocycles. The maximum absolute atomic E-state index is 15.1. The van der Waals surface area contributed by atoms with Crippen LogP contribution in [0.25, 0.3) is 0 Å². The number of ether oxygens (including phenoxy) is 1. The highest BCUT2D eigenvalue weighted by Crippen LogP contribution is 2.39. The number of anilines is 1. The van der Waals surface area contributed by atoms with E-state index in [9.17, 15) is 24.6 Å². The van der Waals surface area contributed by atoms with Gasteiger partial charge in [0.2, 0.25) is 5.78 Å². The minimum Gasteiger partial charge on any atom is -0.507 e. The highest BCUT2D eigenvalue weighted by molar-refractivity contribution is 6.18. The second kappa shape index (κ2) is 10.5. The fourth-order valence-electron chi connectivity index (χ4n) is 4.41. The largest absolute Gasteiger partial charge is 0.507 e. The first-order valence-corrected chi connectivity index (χ1v) is 11.3. The quantitative estimate of drug-likeness (QED) is 0.367. The number of hydrogen-bond donors (Lipinski definition) is 4. The zero-order valence-corrected chi connectivity index (χ0v) is 19.4. The van der Waals surface area contributed by atoms with Crippen LogP contribution in [0, 0.1) is 5.82 Å². The van der Waals surface area contributed by atoms with Gasteiger partial charge in [-0.3, -0.25) is 14.6 Å². The molecule has 1 fully saturated rings. The third kappa shape index (κ3) is 4.76. The SMILES string of the molecule is COc1ccc(O)c(C(=O)c2ccc(C(=O)O)c(C3CCNCC3)c2NC(=O)c2ccncc2)c1F. The molecular weight excluding hydrogens is 469 g/mol. The molecule has 0 unspecified atom stereocenters. The number of carboxylic acid groups (broad SMARTS) is 1. The van der Waals surface area contributed by atoms with E-state index in [1.54, 1.807) is 0 Å². The van der Waals surface area contributed by atoms with E-state index in [1.807, 2.05) is 0 Å². The zero-order chi connectivity index (χ0) is 25.8. The van der Waals surface area contributed by atoms with E-state index in [-0.39, 0.29) is 39.6 Å². The normalized spacial score (nSPS) is 13.7. The van der Waals surface area contributed by atoms with Gasteiger partial charge in [-0.1, -0.05) is 0 Å². The summed E-state index contributed by atoms with van der Waals surface area (Å²) in [5.74, 6) is -4.98. The van der Waals surface area contributed by atoms with Crippen molar-refractivity contribution in [3.63, 3.8) is 0 Å². The number of benzene rings is 2. The first-order valence-electron chi connectivity index (χ1n) is 11.3. The number of ketones is 1. The summed E-state index contributed by atoms with van der Waals surface area (Å²) < 4.78 is 20.0. The average Bonchev–Trinajstić information content (AvgIpc) is 2.89. The van der Waals surface area contributed by atoms with Crippen molar-refractivity contribution in [1.29, 1.82) is 0 Å². The molecule has 0 bridgehead atoms. The summed E-state index contributed by atoms with van der Waals surface area (Å²) in [4.78, 5) is 42.8. The molecule has 10 heteroatoms. The van der Waals surface area contributed by atoms with Crippen LogP contribution in [0.4, 0.5) is 10.1 Å². The molecule has 1 aliphatic heterocycles. The predicted octanol–water partition coefficient (Wildman–Crippen LogP) is 3.58. The Labute approximate surface area is 205 Å². The van der Waals surface area contributed by atoms with Crippen LogP contribution in [0.15, 0.2) is 48.8 Å². The number of aromatic hydroxyl groups is 1. The predicted molar refractivity (Wildman–Crippen MR) is 128 cm³/mol. The van der Waals surface area contributed by atoms with Crippen molar-refractivity contribution in [2.75, 3.05) is 25.5 Å². The molecule has 1 saturated heterocycles. The molecule has 1 aromatic heterocycles. The number of carboxylic acids is 1. The molecule has 0 atom stereocenters. The monoisotopic (exact) mass is 493 g/mol. The lowest BCUT2D eigenvalue weighted by Gasteiger charge is -2.28. The fourth-order valence-corrected chi connectivity index (χ4v) is 4.41. The van der Waals surface area contributed by atoms with Gasteiger partial charge in [0.25, 0.3) is 5.91 Å². The maximum atomic E-state index is 15.1. The van der Waals surface area contributed by atoms with Gasteiger partial charge in [0.1, 0.15) is 11.3 Å². The lowest BCUT2D eigenvalue weighted by atomic mass is 9.83. The molecule has 2 aromatic carbocycles. The van der Waals surface area contributed by atoms with Crippen LogP contribution in [-0.2, 0) is 0 Å². The van der Waals surface area contributed by atoms with E-state index in [2.05, 4.69) is 15.6 Å². The van der Waals surface area contributed by atoms with Crippen LogP contribution < -0.4 is 15.4 Å². The Kier molecular flexibility index (Phi) is 7.25. The number of nitrogens with one attached hydrogen (secondary N) is 2. The van der Waals surface area contributed by atoms with Gasteiger partial charge >= 0.3 is 5.97 Å². The highest BCUT2D eigenvalue weighted by Gasteiger charge is 2.31. The number of carbonyl (C=O) groups is 3. The number of phenols is 1. The molecular formula is C26H24FN3O6. The van der Waals surface area contributed by atoms with Crippen LogP contribution in [0.2, 0.25) is 0 Å². The molecule has 0 radical (unpaired) electrons. The Balaban J connectivity index is 1.94. The van der Waals surface area contributed by atoms with Crippen LogP contribution in [-0.4, -0.2) is 53.1 Å². The van der Waals surface area contributed by atoms with Crippen molar-refractivity contribution in [3.8, 4) is 11.5 Å². The van der Waals surface area contributed by atoms with E-state index in [4.69, 9.17) is 4.74 Å². The molecule has 2 heterocycles. The molecule has 186 valence electrons. The Morgan fingerprint density at radius 3 is 2.36 bits per heavy atom. The number of carbonyl (C=O) groups excluding carboxylic acids is 2. The van der Waals surface area contributed by atoms with Gasteiger partial charge in [-0.25, -0.2) is 9.18 Å². The molecule has 4 rings (SSSR count). The van der Waals surface area contributed by atoms with E-state index in [0.29, 0.717) is 25.9 Å². The zero-order valence-electron chi connectivity index (χ0n) is 19.4. The van der Waals surface area contributed by atoms with Gasteiger partial charge in [-0.15, -0.1) is 0 Å². The number of halogens is 1. The van der Waals surface area contributed by atoms with Gasteiger partial charge < -0.3 is 25.6 Å². The first kappa shape index (κ1) is 24.8. The van der Waals surface area contributed by atoms with Crippen LogP contribution >= 0.6 is 0 Å². The van der Waals surface area contributed by atoms with Crippen LogP contribution in [0.5, 0.6) is 11.5 Å². The molecule has 4 N–H and O–H groups in total. The Morgan fingerprint density at radius 2 is 1.72 bits per heavy atom. The number of nitrogens with zero attached hydrogens (tertiary/aromatic N) is 1. The number of aromatic nitrogens is 1. The number of hydrogen-bond acceptors (Lipinski definition) is 7. The number of methoxy groups -OCH3 is 1. The molecule has 0 spiro atoms. The first-order chi connectivity index (χ1) is 17.3. The Hall–Kier alpha value is -4.31. The Bertz CT molecular complexity index is 1320. The highest BCUT2D eigenvalue weighted by atomic mass is 19.1. The summed E-state index contributed by atoms with van der Waals surface area (Å²) in [5, 5.41) is 26.2. The van der Waals surface area contributed by atoms with Gasteiger partial charge in [0, 0.05) is 23.5 Å². The van der Waals surface area contributed by atoms with Crippen molar-refractivity contribution in [3.05, 3.63) is 82.4 Å². The number of phenolic OH excluding ortho intramolecular Hbond substituents is 1. The van der Waals surface area contributed by atoms with Crippen molar-refractivity contribution in [2.45, 2.75) is 18.8 Å². The standard InChI is InChI=1S/C26H24FN3O6/c1-36-19-5-4-18(31)21(22(19)27)24(32)17-3-2-16(26(34)35)20(14-6-10-28-11-7-14)23(17)30-25(33)15-8-12-29-13-9-15/h2-5,8-9,12-14,28,31H,6-7,10-11H2,1H3,(H,30,33)(H,34,35). The number of aromatic carboxylic acids is 1. The third-order valence-corrected chi connectivity index (χ3v) is 6.18. The number of piperidine rings is 1. The third-order valence-electron chi connectivity index (χ3n) is 6.18. The van der Waals surface area contributed by atoms with E-state index >= 15 is 4.39 Å². The summed E-state index contributed by atoms with van der Waals surface area (Å²) in [6, 6.07) is 7.73. The van der Waals surface area contributed by atoms with Gasteiger partial charge in [-0.2, -0.15) is 0 Å². The van der Waals surface area contributed by atoms with E-state index in [1.165, 1.54) is 49.8 Å². The minimum atomic E-state index is -1.22. The lowest BCUT2D eigenvalue weighted by Crippen LogP contribution is -2.29. The van der Waals surface area contributed by atoms with Crippen molar-refractivity contribution in [2.24, 2.45) is 0 Å². The fraction of sp³-hybridized carbons (Fsp3) is 0.231. The van der Waals surface area contributed by atoms with E-state index < -0.39 is 34.8 Å². The van der Waals surface area contributed by atoms with Crippen LogP contribution in [0.1, 0.15) is 61.0 Å². The number of amides is 1. The molecule has 1 amide bonds. The number of pyridine rings is 1. The number of rotatable bonds is 7. The lowest BCUT2D eigenvalue weighted by molar-refractivity contribution is 0.0694. The van der Waals surface area contributed by atoms with Crippen LogP contribution in [0.3, 0.4) is 0 Å². The molecule has 0 saturated carbocycles. The topological polar surface area (TPSA) is 138 Å². The maximum Gasteiger partial charge on any atom is 0.336 e. The van der Waals surface area contributed by atoms with Crippen molar-refractivity contribution < 1.29 is 33.7 Å².